The Balaban J connectivity index is 1.55. The van der Waals surface area contributed by atoms with Gasteiger partial charge in [-0.1, -0.05) is 11.6 Å². The van der Waals surface area contributed by atoms with Crippen LogP contribution in [-0.4, -0.2) is 39.3 Å². The molecular weight excluding hydrogens is 460 g/mol. The monoisotopic (exact) mass is 484 g/mol. The number of methoxy groups -OCH3 is 1. The molecule has 3 heterocycles. The fraction of sp³-hybridized carbons (Fsp3) is 0.348. The van der Waals surface area contributed by atoms with Gasteiger partial charge in [0.1, 0.15) is 11.8 Å². The fourth-order valence-electron chi connectivity index (χ4n) is 3.63. The zero-order valence-corrected chi connectivity index (χ0v) is 19.8. The number of amides is 1. The van der Waals surface area contributed by atoms with E-state index >= 15 is 0 Å². The highest BCUT2D eigenvalue weighted by Crippen LogP contribution is 2.39. The van der Waals surface area contributed by atoms with E-state index in [1.54, 1.807) is 32.4 Å². The SMILES string of the molecule is COc1nc(C)c(Nc2nc(Cl)cn([C@H](COC(=O)Nc3cccnc3)C3CC3)c2=O)cc1C. The molecule has 0 bridgehead atoms. The summed E-state index contributed by atoms with van der Waals surface area (Å²) in [6.45, 7) is 3.67. The van der Waals surface area contributed by atoms with Gasteiger partial charge in [0.2, 0.25) is 5.88 Å². The number of carbonyl (C=O) groups excluding carboxylic acids is 1. The molecule has 1 fully saturated rings. The average molecular weight is 485 g/mol. The van der Waals surface area contributed by atoms with Gasteiger partial charge in [-0.25, -0.2) is 14.8 Å². The van der Waals surface area contributed by atoms with Gasteiger partial charge in [-0.3, -0.25) is 15.1 Å². The maximum Gasteiger partial charge on any atom is 0.411 e. The molecule has 3 aromatic rings. The number of hydrogen-bond acceptors (Lipinski definition) is 8. The van der Waals surface area contributed by atoms with Crippen molar-refractivity contribution in [2.45, 2.75) is 32.7 Å². The number of nitrogens with zero attached hydrogens (tertiary/aromatic N) is 4. The van der Waals surface area contributed by atoms with E-state index in [0.29, 0.717) is 22.9 Å². The number of pyridine rings is 2. The van der Waals surface area contributed by atoms with Crippen molar-refractivity contribution >= 4 is 34.9 Å². The normalized spacial score (nSPS) is 13.8. The summed E-state index contributed by atoms with van der Waals surface area (Å²) in [5.74, 6) is 0.768. The summed E-state index contributed by atoms with van der Waals surface area (Å²) in [6, 6.07) is 4.87. The Hall–Kier alpha value is -3.66. The molecule has 1 aliphatic carbocycles. The summed E-state index contributed by atoms with van der Waals surface area (Å²) in [4.78, 5) is 38.1. The van der Waals surface area contributed by atoms with E-state index in [-0.39, 0.29) is 35.1 Å². The van der Waals surface area contributed by atoms with Crippen molar-refractivity contribution in [2.24, 2.45) is 5.92 Å². The average Bonchev–Trinajstić information content (AvgIpc) is 3.65. The second-order valence-corrected chi connectivity index (χ2v) is 8.45. The van der Waals surface area contributed by atoms with Crippen LogP contribution in [0.3, 0.4) is 0 Å². The van der Waals surface area contributed by atoms with Gasteiger partial charge in [0.25, 0.3) is 5.56 Å². The van der Waals surface area contributed by atoms with E-state index in [9.17, 15) is 9.59 Å². The first-order chi connectivity index (χ1) is 16.4. The molecule has 0 unspecified atom stereocenters. The van der Waals surface area contributed by atoms with Crippen molar-refractivity contribution in [3.63, 3.8) is 0 Å². The minimum atomic E-state index is -0.624. The van der Waals surface area contributed by atoms with Crippen LogP contribution in [0.1, 0.15) is 30.1 Å². The number of ether oxygens (including phenoxy) is 2. The summed E-state index contributed by atoms with van der Waals surface area (Å²) in [7, 11) is 1.55. The van der Waals surface area contributed by atoms with Crippen molar-refractivity contribution in [1.82, 2.24) is 19.5 Å². The van der Waals surface area contributed by atoms with E-state index < -0.39 is 6.09 Å². The number of anilines is 3. The Morgan fingerprint density at radius 1 is 1.32 bits per heavy atom. The Kier molecular flexibility index (Phi) is 6.97. The predicted molar refractivity (Wildman–Crippen MR) is 128 cm³/mol. The first-order valence-electron chi connectivity index (χ1n) is 10.8. The second kappa shape index (κ2) is 10.1. The quantitative estimate of drug-likeness (QED) is 0.486. The molecule has 0 spiro atoms. The molecule has 1 amide bonds. The van der Waals surface area contributed by atoms with Gasteiger partial charge in [-0.05, 0) is 50.8 Å². The molecule has 178 valence electrons. The molecule has 0 aromatic carbocycles. The highest BCUT2D eigenvalue weighted by molar-refractivity contribution is 6.29. The van der Waals surface area contributed by atoms with Crippen molar-refractivity contribution in [2.75, 3.05) is 24.4 Å². The second-order valence-electron chi connectivity index (χ2n) is 8.07. The summed E-state index contributed by atoms with van der Waals surface area (Å²) in [6.07, 6.45) is 5.83. The van der Waals surface area contributed by atoms with Crippen molar-refractivity contribution in [1.29, 1.82) is 0 Å². The number of aromatic nitrogens is 4. The van der Waals surface area contributed by atoms with Gasteiger partial charge in [0.05, 0.1) is 36.4 Å². The van der Waals surface area contributed by atoms with Crippen LogP contribution in [-0.2, 0) is 4.74 Å². The lowest BCUT2D eigenvalue weighted by Crippen LogP contribution is -2.32. The van der Waals surface area contributed by atoms with E-state index in [2.05, 4.69) is 25.6 Å². The van der Waals surface area contributed by atoms with Crippen LogP contribution in [0.4, 0.5) is 22.0 Å². The van der Waals surface area contributed by atoms with Gasteiger partial charge in [0.15, 0.2) is 5.82 Å². The summed E-state index contributed by atoms with van der Waals surface area (Å²) in [5.41, 5.74) is 2.22. The molecule has 4 rings (SSSR count). The van der Waals surface area contributed by atoms with Crippen LogP contribution < -0.4 is 20.9 Å². The van der Waals surface area contributed by atoms with E-state index in [4.69, 9.17) is 21.1 Å². The molecule has 0 saturated heterocycles. The van der Waals surface area contributed by atoms with Gasteiger partial charge >= 0.3 is 6.09 Å². The third-order valence-corrected chi connectivity index (χ3v) is 5.70. The standard InChI is InChI=1S/C23H25ClN6O4/c1-13-9-17(14(2)26-21(13)33-3)28-20-22(31)30(11-19(24)29-20)18(15-6-7-15)12-34-23(32)27-16-5-4-8-25-10-16/h4-5,8-11,15,18H,6-7,12H2,1-3H3,(H,27,32)(H,28,29)/t18-/m1/s1. The third kappa shape index (κ3) is 5.45. The van der Waals surface area contributed by atoms with Crippen LogP contribution in [0.5, 0.6) is 5.88 Å². The lowest BCUT2D eigenvalue weighted by Gasteiger charge is -2.21. The maximum atomic E-state index is 13.3. The molecule has 2 N–H and O–H groups in total. The molecule has 11 heteroatoms. The van der Waals surface area contributed by atoms with Crippen molar-refractivity contribution in [3.8, 4) is 5.88 Å². The lowest BCUT2D eigenvalue weighted by atomic mass is 10.2. The highest BCUT2D eigenvalue weighted by Gasteiger charge is 2.35. The lowest BCUT2D eigenvalue weighted by molar-refractivity contribution is 0.135. The van der Waals surface area contributed by atoms with Crippen LogP contribution in [0, 0.1) is 19.8 Å². The first-order valence-corrected chi connectivity index (χ1v) is 11.1. The first kappa shape index (κ1) is 23.5. The van der Waals surface area contributed by atoms with Gasteiger partial charge in [-0.2, -0.15) is 0 Å². The smallest absolute Gasteiger partial charge is 0.411 e. The zero-order valence-electron chi connectivity index (χ0n) is 19.0. The van der Waals surface area contributed by atoms with Crippen LogP contribution in [0.25, 0.3) is 0 Å². The molecule has 34 heavy (non-hydrogen) atoms. The number of aryl methyl sites for hydroxylation is 2. The van der Waals surface area contributed by atoms with Crippen LogP contribution in [0.2, 0.25) is 5.15 Å². The van der Waals surface area contributed by atoms with Gasteiger partial charge in [0, 0.05) is 18.0 Å². The number of carbonyl (C=O) groups is 1. The molecule has 1 aliphatic rings. The Morgan fingerprint density at radius 3 is 2.79 bits per heavy atom. The van der Waals surface area contributed by atoms with E-state index in [1.807, 2.05) is 13.0 Å². The number of nitrogens with one attached hydrogen (secondary N) is 2. The topological polar surface area (TPSA) is 120 Å². The summed E-state index contributed by atoms with van der Waals surface area (Å²) in [5, 5.41) is 5.81. The minimum absolute atomic E-state index is 0.0126. The van der Waals surface area contributed by atoms with E-state index in [1.165, 1.54) is 17.0 Å². The van der Waals surface area contributed by atoms with Gasteiger partial charge in [-0.15, -0.1) is 0 Å². The molecule has 10 nitrogen and oxygen atoms in total. The Labute approximate surface area is 201 Å². The van der Waals surface area contributed by atoms with Gasteiger partial charge < -0.3 is 19.4 Å². The largest absolute Gasteiger partial charge is 0.481 e. The molecule has 3 aromatic heterocycles. The van der Waals surface area contributed by atoms with Crippen LogP contribution in [0.15, 0.2) is 41.6 Å². The number of halogens is 1. The number of hydrogen-bond donors (Lipinski definition) is 2. The Morgan fingerprint density at radius 2 is 2.12 bits per heavy atom. The maximum absolute atomic E-state index is 13.3. The van der Waals surface area contributed by atoms with Crippen molar-refractivity contribution in [3.05, 3.63) is 63.6 Å². The number of rotatable bonds is 8. The fourth-order valence-corrected chi connectivity index (χ4v) is 3.82. The molecule has 1 atom stereocenters. The molecule has 1 saturated carbocycles. The molecule has 0 radical (unpaired) electrons. The van der Waals surface area contributed by atoms with E-state index in [0.717, 1.165) is 18.4 Å². The highest BCUT2D eigenvalue weighted by atomic mass is 35.5. The third-order valence-electron chi connectivity index (χ3n) is 5.52. The molecule has 0 aliphatic heterocycles. The van der Waals surface area contributed by atoms with Crippen molar-refractivity contribution < 1.29 is 14.3 Å². The summed E-state index contributed by atoms with van der Waals surface area (Å²) >= 11 is 6.27. The summed E-state index contributed by atoms with van der Waals surface area (Å²) < 4.78 is 12.2. The molecular formula is C23H25ClN6O4. The van der Waals surface area contributed by atoms with Crippen LogP contribution >= 0.6 is 11.6 Å². The minimum Gasteiger partial charge on any atom is -0.481 e. The Bertz CT molecular complexity index is 1250. The predicted octanol–water partition coefficient (Wildman–Crippen LogP) is 4.26. The zero-order chi connectivity index (χ0) is 24.2.